The lowest BCUT2D eigenvalue weighted by Crippen LogP contribution is -2.27. The van der Waals surface area contributed by atoms with Gasteiger partial charge in [-0.3, -0.25) is 4.98 Å². The van der Waals surface area contributed by atoms with Crippen LogP contribution in [0.4, 0.5) is 0 Å². The second kappa shape index (κ2) is 6.13. The van der Waals surface area contributed by atoms with Gasteiger partial charge in [0.25, 0.3) is 0 Å². The van der Waals surface area contributed by atoms with Crippen molar-refractivity contribution >= 4 is 10.0 Å². The van der Waals surface area contributed by atoms with Gasteiger partial charge in [-0.1, -0.05) is 18.2 Å². The maximum atomic E-state index is 12.3. The average molecular weight is 291 g/mol. The predicted octanol–water partition coefficient (Wildman–Crippen LogP) is 1.58. The fourth-order valence-electron chi connectivity index (χ4n) is 1.83. The number of hydrogen-bond donors (Lipinski definition) is 2. The van der Waals surface area contributed by atoms with E-state index in [2.05, 4.69) is 9.71 Å². The summed E-state index contributed by atoms with van der Waals surface area (Å²) in [4.78, 5) is 4.35. The average Bonchev–Trinajstić information content (AvgIpc) is 2.48. The van der Waals surface area contributed by atoms with Crippen LogP contribution in [0.25, 0.3) is 0 Å². The molecule has 1 aromatic heterocycles. The molecule has 2 rings (SSSR count). The minimum atomic E-state index is -3.59. The second-order valence-electron chi connectivity index (χ2n) is 4.45. The number of aromatic nitrogens is 1. The summed E-state index contributed by atoms with van der Waals surface area (Å²) in [5, 5.41) is 0. The van der Waals surface area contributed by atoms with E-state index >= 15 is 0 Å². The number of benzene rings is 1. The van der Waals surface area contributed by atoms with E-state index in [1.54, 1.807) is 49.5 Å². The first-order valence-electron chi connectivity index (χ1n) is 6.25. The van der Waals surface area contributed by atoms with E-state index in [1.165, 1.54) is 0 Å². The number of nitrogens with one attached hydrogen (secondary N) is 1. The lowest BCUT2D eigenvalue weighted by atomic mass is 10.2. The highest BCUT2D eigenvalue weighted by atomic mass is 32.2. The molecule has 2 aromatic rings. The largest absolute Gasteiger partial charge is 0.326 e. The number of hydrogen-bond acceptors (Lipinski definition) is 4. The summed E-state index contributed by atoms with van der Waals surface area (Å²) < 4.78 is 27.2. The molecule has 0 saturated heterocycles. The predicted molar refractivity (Wildman–Crippen MR) is 77.3 cm³/mol. The fourth-order valence-corrected chi connectivity index (χ4v) is 3.12. The first-order valence-corrected chi connectivity index (χ1v) is 7.73. The molecule has 106 valence electrons. The molecule has 0 aliphatic heterocycles. The van der Waals surface area contributed by atoms with E-state index in [9.17, 15) is 8.42 Å². The van der Waals surface area contributed by atoms with Crippen LogP contribution in [-0.2, 0) is 16.6 Å². The van der Waals surface area contributed by atoms with Crippen molar-refractivity contribution in [2.45, 2.75) is 24.4 Å². The molecule has 3 N–H and O–H groups in total. The standard InChI is InChI=1S/C14H17N3O2S/c1-11(14-7-2-3-8-16-14)17-20(18,19)13-6-4-5-12(9-13)10-15/h2-9,11,17H,10,15H2,1H3. The third kappa shape index (κ3) is 3.41. The summed E-state index contributed by atoms with van der Waals surface area (Å²) in [6.07, 6.45) is 1.63. The van der Waals surface area contributed by atoms with Gasteiger partial charge in [0.05, 0.1) is 16.6 Å². The molecule has 0 aliphatic rings. The molecule has 0 aliphatic carbocycles. The molecular weight excluding hydrogens is 274 g/mol. The summed E-state index contributed by atoms with van der Waals surface area (Å²) in [6.45, 7) is 2.06. The Hall–Kier alpha value is -1.76. The maximum Gasteiger partial charge on any atom is 0.241 e. The Morgan fingerprint density at radius 1 is 1.25 bits per heavy atom. The first kappa shape index (κ1) is 14.6. The number of pyridine rings is 1. The zero-order chi connectivity index (χ0) is 14.6. The number of sulfonamides is 1. The molecular formula is C14H17N3O2S. The van der Waals surface area contributed by atoms with Crippen molar-refractivity contribution in [1.82, 2.24) is 9.71 Å². The third-order valence-electron chi connectivity index (χ3n) is 2.91. The van der Waals surface area contributed by atoms with Gasteiger partial charge in [0.15, 0.2) is 0 Å². The van der Waals surface area contributed by atoms with Crippen molar-refractivity contribution in [1.29, 1.82) is 0 Å². The highest BCUT2D eigenvalue weighted by molar-refractivity contribution is 7.89. The molecule has 1 aromatic carbocycles. The molecule has 0 spiro atoms. The van der Waals surface area contributed by atoms with Gasteiger partial charge < -0.3 is 5.73 Å². The Labute approximate surface area is 118 Å². The van der Waals surface area contributed by atoms with Gasteiger partial charge in [-0.2, -0.15) is 0 Å². The van der Waals surface area contributed by atoms with Gasteiger partial charge in [-0.05, 0) is 36.8 Å². The Bertz CT molecular complexity index is 672. The monoisotopic (exact) mass is 291 g/mol. The Kier molecular flexibility index (Phi) is 4.49. The third-order valence-corrected chi connectivity index (χ3v) is 4.45. The Morgan fingerprint density at radius 2 is 2.05 bits per heavy atom. The number of nitrogens with two attached hydrogens (primary N) is 1. The van der Waals surface area contributed by atoms with Gasteiger partial charge in [0.2, 0.25) is 10.0 Å². The van der Waals surface area contributed by atoms with Gasteiger partial charge >= 0.3 is 0 Å². The normalized spacial score (nSPS) is 13.1. The first-order chi connectivity index (χ1) is 9.53. The van der Waals surface area contributed by atoms with E-state index in [0.717, 1.165) is 5.56 Å². The van der Waals surface area contributed by atoms with E-state index in [4.69, 9.17) is 5.73 Å². The van der Waals surface area contributed by atoms with Crippen LogP contribution in [-0.4, -0.2) is 13.4 Å². The summed E-state index contributed by atoms with van der Waals surface area (Å²) >= 11 is 0. The molecule has 0 saturated carbocycles. The van der Waals surface area contributed by atoms with Gasteiger partial charge in [-0.25, -0.2) is 13.1 Å². The smallest absolute Gasteiger partial charge is 0.241 e. The lowest BCUT2D eigenvalue weighted by Gasteiger charge is -2.14. The quantitative estimate of drug-likeness (QED) is 0.876. The highest BCUT2D eigenvalue weighted by Gasteiger charge is 2.19. The molecule has 1 heterocycles. The molecule has 6 heteroatoms. The Balaban J connectivity index is 2.23. The van der Waals surface area contributed by atoms with E-state index in [0.29, 0.717) is 12.2 Å². The topological polar surface area (TPSA) is 85.1 Å². The van der Waals surface area contributed by atoms with Crippen LogP contribution in [0.2, 0.25) is 0 Å². The van der Waals surface area contributed by atoms with Crippen LogP contribution in [0, 0.1) is 0 Å². The molecule has 0 bridgehead atoms. The van der Waals surface area contributed by atoms with Crippen molar-refractivity contribution in [3.8, 4) is 0 Å². The molecule has 5 nitrogen and oxygen atoms in total. The van der Waals surface area contributed by atoms with Crippen molar-refractivity contribution in [2.75, 3.05) is 0 Å². The van der Waals surface area contributed by atoms with Crippen molar-refractivity contribution in [3.05, 3.63) is 59.9 Å². The SMILES string of the molecule is CC(NS(=O)(=O)c1cccc(CN)c1)c1ccccn1. The minimum Gasteiger partial charge on any atom is -0.326 e. The molecule has 0 radical (unpaired) electrons. The van der Waals surface area contributed by atoms with Gasteiger partial charge in [0.1, 0.15) is 0 Å². The lowest BCUT2D eigenvalue weighted by molar-refractivity contribution is 0.564. The van der Waals surface area contributed by atoms with Crippen LogP contribution >= 0.6 is 0 Å². The minimum absolute atomic E-state index is 0.211. The van der Waals surface area contributed by atoms with E-state index in [1.807, 2.05) is 6.07 Å². The molecule has 20 heavy (non-hydrogen) atoms. The van der Waals surface area contributed by atoms with Crippen LogP contribution in [0.5, 0.6) is 0 Å². The Morgan fingerprint density at radius 3 is 2.70 bits per heavy atom. The van der Waals surface area contributed by atoms with Crippen LogP contribution in [0.1, 0.15) is 24.2 Å². The van der Waals surface area contributed by atoms with E-state index in [-0.39, 0.29) is 4.90 Å². The van der Waals surface area contributed by atoms with E-state index < -0.39 is 16.1 Å². The summed E-state index contributed by atoms with van der Waals surface area (Å²) in [5.74, 6) is 0. The number of nitrogens with zero attached hydrogens (tertiary/aromatic N) is 1. The van der Waals surface area contributed by atoms with Gasteiger partial charge in [-0.15, -0.1) is 0 Å². The van der Waals surface area contributed by atoms with Gasteiger partial charge in [0, 0.05) is 12.7 Å². The molecule has 1 atom stereocenters. The summed E-state index contributed by atoms with van der Waals surface area (Å²) in [6, 6.07) is 11.6. The van der Waals surface area contributed by atoms with Crippen molar-refractivity contribution < 1.29 is 8.42 Å². The van der Waals surface area contributed by atoms with Crippen LogP contribution < -0.4 is 10.5 Å². The van der Waals surface area contributed by atoms with Crippen LogP contribution in [0.15, 0.2) is 53.6 Å². The highest BCUT2D eigenvalue weighted by Crippen LogP contribution is 2.16. The summed E-state index contributed by atoms with van der Waals surface area (Å²) in [5.41, 5.74) is 6.98. The molecule has 0 fully saturated rings. The molecule has 1 unspecified atom stereocenters. The van der Waals surface area contributed by atoms with Crippen LogP contribution in [0.3, 0.4) is 0 Å². The number of rotatable bonds is 5. The van der Waals surface area contributed by atoms with Crippen molar-refractivity contribution in [2.24, 2.45) is 5.73 Å². The fraction of sp³-hybridized carbons (Fsp3) is 0.214. The maximum absolute atomic E-state index is 12.3. The summed E-state index contributed by atoms with van der Waals surface area (Å²) in [7, 11) is -3.59. The van der Waals surface area contributed by atoms with Crippen molar-refractivity contribution in [3.63, 3.8) is 0 Å². The zero-order valence-electron chi connectivity index (χ0n) is 11.2. The second-order valence-corrected chi connectivity index (χ2v) is 6.16. The zero-order valence-corrected chi connectivity index (χ0v) is 12.0. The molecule has 0 amide bonds.